The molecule has 0 atom stereocenters. The number of rotatable bonds is 5. The van der Waals surface area contributed by atoms with Gasteiger partial charge in [-0.25, -0.2) is 9.37 Å². The Kier molecular flexibility index (Phi) is 7.16. The molecule has 9 heteroatoms. The summed E-state index contributed by atoms with van der Waals surface area (Å²) in [6.07, 6.45) is 3.10. The van der Waals surface area contributed by atoms with Gasteiger partial charge in [0.1, 0.15) is 18.9 Å². The number of fused-ring (bicyclic) bond motifs is 1. The lowest BCUT2D eigenvalue weighted by Gasteiger charge is -2.35. The molecule has 9 nitrogen and oxygen atoms in total. The second kappa shape index (κ2) is 10.2. The van der Waals surface area contributed by atoms with Crippen molar-refractivity contribution in [3.05, 3.63) is 69.8 Å². The summed E-state index contributed by atoms with van der Waals surface area (Å²) in [5.41, 5.74) is 3.41. The summed E-state index contributed by atoms with van der Waals surface area (Å²) in [5, 5.41) is 0.580. The zero-order valence-electron chi connectivity index (χ0n) is 22.2. The van der Waals surface area contributed by atoms with E-state index in [1.165, 1.54) is 4.90 Å². The Balaban J connectivity index is 1.51. The van der Waals surface area contributed by atoms with E-state index in [0.29, 0.717) is 42.8 Å². The maximum atomic E-state index is 13.3. The highest BCUT2D eigenvalue weighted by Crippen LogP contribution is 2.23. The summed E-state index contributed by atoms with van der Waals surface area (Å²) in [7, 11) is 1.89. The molecule has 0 saturated carbocycles. The van der Waals surface area contributed by atoms with Gasteiger partial charge < -0.3 is 14.2 Å². The zero-order valence-corrected chi connectivity index (χ0v) is 22.2. The Bertz CT molecular complexity index is 1440. The molecule has 1 aromatic carbocycles. The van der Waals surface area contributed by atoms with E-state index in [-0.39, 0.29) is 17.9 Å². The molecule has 37 heavy (non-hydrogen) atoms. The molecule has 0 bridgehead atoms. The maximum absolute atomic E-state index is 13.3. The normalized spacial score (nSPS) is 14.2. The van der Waals surface area contributed by atoms with Gasteiger partial charge in [0.15, 0.2) is 18.5 Å². The number of nitrogens with zero attached hydrogens (tertiary/aromatic N) is 5. The van der Waals surface area contributed by atoms with Crippen molar-refractivity contribution in [3.8, 4) is 0 Å². The lowest BCUT2D eigenvalue weighted by atomic mass is 10.1. The predicted octanol–water partition coefficient (Wildman–Crippen LogP) is 3.24. The highest BCUT2D eigenvalue weighted by molar-refractivity contribution is 5.99. The Morgan fingerprint density at radius 1 is 1.14 bits per heavy atom. The Hall–Kier alpha value is -4.01. The molecule has 1 saturated heterocycles. The average Bonchev–Trinajstić information content (AvgIpc) is 2.81. The molecule has 1 aliphatic rings. The lowest BCUT2D eigenvalue weighted by Crippen LogP contribution is -2.53. The van der Waals surface area contributed by atoms with Crippen LogP contribution in [0.1, 0.15) is 37.6 Å². The fourth-order valence-electron chi connectivity index (χ4n) is 4.51. The lowest BCUT2D eigenvalue weighted by molar-refractivity contribution is -0.551. The van der Waals surface area contributed by atoms with E-state index < -0.39 is 11.7 Å². The molecular formula is C28H34N5O4+. The number of anilines is 1. The number of pyridine rings is 2. The minimum atomic E-state index is -0.623. The Morgan fingerprint density at radius 2 is 1.89 bits per heavy atom. The van der Waals surface area contributed by atoms with Crippen molar-refractivity contribution in [1.29, 1.82) is 0 Å². The van der Waals surface area contributed by atoms with E-state index >= 15 is 0 Å². The molecule has 3 heterocycles. The van der Waals surface area contributed by atoms with E-state index in [2.05, 4.69) is 11.7 Å². The molecular weight excluding hydrogens is 470 g/mol. The quantitative estimate of drug-likeness (QED) is 0.393. The van der Waals surface area contributed by atoms with Gasteiger partial charge in [0.25, 0.3) is 0 Å². The number of aryl methyl sites for hydroxylation is 2. The largest absolute Gasteiger partial charge is 0.444 e. The van der Waals surface area contributed by atoms with Crippen LogP contribution in [0.4, 0.5) is 10.5 Å². The average molecular weight is 505 g/mol. The van der Waals surface area contributed by atoms with Crippen LogP contribution in [-0.2, 0) is 29.7 Å². The number of hydrogen-bond donors (Lipinski definition) is 0. The first-order valence-corrected chi connectivity index (χ1v) is 12.3. The molecule has 3 aromatic rings. The summed E-state index contributed by atoms with van der Waals surface area (Å²) in [5.74, 6) is -0.197. The van der Waals surface area contributed by atoms with Crippen LogP contribution in [0, 0.1) is 6.92 Å². The Morgan fingerprint density at radius 3 is 2.57 bits per heavy atom. The number of aromatic nitrogens is 2. The summed E-state index contributed by atoms with van der Waals surface area (Å²) in [4.78, 5) is 45.8. The minimum Gasteiger partial charge on any atom is -0.444 e. The molecule has 0 spiro atoms. The molecule has 2 aromatic heterocycles. The van der Waals surface area contributed by atoms with Gasteiger partial charge in [0.05, 0.1) is 11.1 Å². The fraction of sp³-hybridized carbons (Fsp3) is 0.393. The first kappa shape index (κ1) is 26.1. The van der Waals surface area contributed by atoms with Crippen molar-refractivity contribution in [1.82, 2.24) is 14.5 Å². The number of carbonyl (C=O) groups excluding carboxylic acids is 2. The van der Waals surface area contributed by atoms with Gasteiger partial charge in [-0.1, -0.05) is 0 Å². The molecule has 0 unspecified atom stereocenters. The molecule has 0 aliphatic carbocycles. The fourth-order valence-corrected chi connectivity index (χ4v) is 4.51. The van der Waals surface area contributed by atoms with E-state index in [1.807, 2.05) is 47.5 Å². The van der Waals surface area contributed by atoms with Crippen LogP contribution < -0.4 is 10.3 Å². The summed E-state index contributed by atoms with van der Waals surface area (Å²) in [6.45, 7) is 13.1. The van der Waals surface area contributed by atoms with Crippen LogP contribution in [0.3, 0.4) is 0 Å². The van der Waals surface area contributed by atoms with E-state index in [0.717, 1.165) is 16.8 Å². The summed E-state index contributed by atoms with van der Waals surface area (Å²) in [6, 6.07) is 9.36. The topological polar surface area (TPSA) is 87.8 Å². The van der Waals surface area contributed by atoms with Crippen LogP contribution in [0.5, 0.6) is 0 Å². The number of benzene rings is 1. The van der Waals surface area contributed by atoms with Crippen LogP contribution in [0.15, 0.2) is 47.5 Å². The third-order valence-electron chi connectivity index (χ3n) is 6.19. The monoisotopic (exact) mass is 504 g/mol. The van der Waals surface area contributed by atoms with Crippen molar-refractivity contribution < 1.29 is 18.9 Å². The second-order valence-electron chi connectivity index (χ2n) is 10.5. The second-order valence-corrected chi connectivity index (χ2v) is 10.5. The van der Waals surface area contributed by atoms with Crippen LogP contribution >= 0.6 is 0 Å². The van der Waals surface area contributed by atoms with E-state index in [4.69, 9.17) is 4.74 Å². The first-order valence-electron chi connectivity index (χ1n) is 12.3. The maximum Gasteiger partial charge on any atom is 0.410 e. The Labute approximate surface area is 216 Å². The molecule has 0 radical (unpaired) electrons. The zero-order chi connectivity index (χ0) is 26.9. The molecule has 0 N–H and O–H groups in total. The van der Waals surface area contributed by atoms with Gasteiger partial charge in [-0.3, -0.25) is 19.5 Å². The van der Waals surface area contributed by atoms with Crippen LogP contribution in [0.2, 0.25) is 0 Å². The highest BCUT2D eigenvalue weighted by atomic mass is 16.6. The number of carbonyl (C=O) groups is 2. The van der Waals surface area contributed by atoms with E-state index in [1.54, 1.807) is 44.0 Å². The van der Waals surface area contributed by atoms with E-state index in [9.17, 15) is 14.4 Å². The number of amides is 2. The SMILES string of the molecule is C=[N+](Cc1ccnc(C)c1)Cc1cn(C)c2cc(N3CCN(C(=O)OC(C)(C)C)CC3=O)ccc2c1=O. The van der Waals surface area contributed by atoms with Gasteiger partial charge in [0.2, 0.25) is 5.91 Å². The molecule has 2 amide bonds. The third-order valence-corrected chi connectivity index (χ3v) is 6.19. The van der Waals surface area contributed by atoms with Gasteiger partial charge in [0, 0.05) is 54.9 Å². The van der Waals surface area contributed by atoms with Crippen LogP contribution in [-0.4, -0.2) is 63.0 Å². The first-order chi connectivity index (χ1) is 17.4. The van der Waals surface area contributed by atoms with Gasteiger partial charge in [-0.2, -0.15) is 0 Å². The minimum absolute atomic E-state index is 0.0544. The molecule has 1 fully saturated rings. The van der Waals surface area contributed by atoms with Gasteiger partial charge >= 0.3 is 6.09 Å². The van der Waals surface area contributed by atoms with Crippen molar-refractivity contribution in [2.24, 2.45) is 7.05 Å². The highest BCUT2D eigenvalue weighted by Gasteiger charge is 2.31. The van der Waals surface area contributed by atoms with Gasteiger partial charge in [-0.15, -0.1) is 0 Å². The van der Waals surface area contributed by atoms with Crippen molar-refractivity contribution in [2.75, 3.05) is 24.5 Å². The van der Waals surface area contributed by atoms with Crippen molar-refractivity contribution in [3.63, 3.8) is 0 Å². The summed E-state index contributed by atoms with van der Waals surface area (Å²) < 4.78 is 9.16. The third kappa shape index (κ3) is 6.04. The molecule has 4 rings (SSSR count). The van der Waals surface area contributed by atoms with Gasteiger partial charge in [-0.05, 0) is 58.0 Å². The van der Waals surface area contributed by atoms with Crippen molar-refractivity contribution >= 4 is 35.3 Å². The standard InChI is InChI=1S/C28H34N5O4/c1-19-13-20(9-10-29-19)15-30(5)16-21-17-31(6)24-14-22(7-8-23(24)26(21)35)33-12-11-32(18-25(33)34)27(36)37-28(2,3)4/h7-10,13-14,17H,5,11-12,15-16,18H2,1-4,6H3/q+1. The smallest absolute Gasteiger partial charge is 0.410 e. The predicted molar refractivity (Wildman–Crippen MR) is 143 cm³/mol. The van der Waals surface area contributed by atoms with Crippen LogP contribution in [0.25, 0.3) is 10.9 Å². The number of hydrogen-bond acceptors (Lipinski definition) is 5. The molecule has 1 aliphatic heterocycles. The molecule has 194 valence electrons. The summed E-state index contributed by atoms with van der Waals surface area (Å²) >= 11 is 0. The number of ether oxygens (including phenoxy) is 1. The number of piperazine rings is 1. The van der Waals surface area contributed by atoms with Crippen molar-refractivity contribution in [2.45, 2.75) is 46.4 Å².